The van der Waals surface area contributed by atoms with Gasteiger partial charge in [-0.05, 0) is 64.1 Å². The lowest BCUT2D eigenvalue weighted by atomic mass is 9.79. The van der Waals surface area contributed by atoms with E-state index in [9.17, 15) is 13.2 Å². The van der Waals surface area contributed by atoms with Crippen LogP contribution in [0.15, 0.2) is 29.2 Å². The molecule has 1 aromatic rings. The Kier molecular flexibility index (Phi) is 6.19. The van der Waals surface area contributed by atoms with Crippen LogP contribution in [-0.4, -0.2) is 56.4 Å². The number of piperidine rings is 1. The molecule has 3 rings (SSSR count). The highest BCUT2D eigenvalue weighted by molar-refractivity contribution is 7.91. The molecule has 2 aliphatic heterocycles. The molecule has 2 saturated heterocycles. The summed E-state index contributed by atoms with van der Waals surface area (Å²) in [6.45, 7) is 11.1. The van der Waals surface area contributed by atoms with E-state index in [1.807, 2.05) is 34.6 Å². The third-order valence-corrected chi connectivity index (χ3v) is 8.22. The van der Waals surface area contributed by atoms with Crippen molar-refractivity contribution >= 4 is 28.3 Å². The van der Waals surface area contributed by atoms with E-state index in [1.54, 1.807) is 29.2 Å². The van der Waals surface area contributed by atoms with Crippen LogP contribution in [-0.2, 0) is 23.9 Å². The number of likely N-dealkylation sites (tertiary alicyclic amines) is 1. The van der Waals surface area contributed by atoms with Gasteiger partial charge in [0.05, 0.1) is 21.9 Å². The van der Waals surface area contributed by atoms with Crippen molar-refractivity contribution in [1.29, 1.82) is 0 Å². The minimum Gasteiger partial charge on any atom is -0.399 e. The summed E-state index contributed by atoms with van der Waals surface area (Å²) in [6, 6.07) is 6.75. The number of hydrogen-bond acceptors (Lipinski definition) is 5. The van der Waals surface area contributed by atoms with E-state index in [0.29, 0.717) is 13.0 Å². The minimum absolute atomic E-state index is 0.0205. The zero-order chi connectivity index (χ0) is 21.4. The number of carbonyl (C=O) groups excluding carboxylic acids is 1. The summed E-state index contributed by atoms with van der Waals surface area (Å²) >= 11 is 0. The Morgan fingerprint density at radius 1 is 1.07 bits per heavy atom. The maximum Gasteiger partial charge on any atom is 0.494 e. The molecule has 0 N–H and O–H groups in total. The van der Waals surface area contributed by atoms with Gasteiger partial charge in [-0.15, -0.1) is 0 Å². The van der Waals surface area contributed by atoms with Crippen LogP contribution in [0.4, 0.5) is 0 Å². The molecule has 0 aromatic heterocycles. The predicted molar refractivity (Wildman–Crippen MR) is 114 cm³/mol. The summed E-state index contributed by atoms with van der Waals surface area (Å²) in [5.41, 5.74) is -0.0810. The zero-order valence-electron chi connectivity index (χ0n) is 18.1. The molecule has 1 atom stereocenters. The van der Waals surface area contributed by atoms with E-state index in [-0.39, 0.29) is 22.5 Å². The number of hydrogen-bond donors (Lipinski definition) is 0. The molecule has 2 heterocycles. The summed E-state index contributed by atoms with van der Waals surface area (Å²) in [4.78, 5) is 14.1. The Balaban J connectivity index is 1.65. The van der Waals surface area contributed by atoms with Crippen molar-refractivity contribution in [3.63, 3.8) is 0 Å². The third kappa shape index (κ3) is 4.86. The summed E-state index contributed by atoms with van der Waals surface area (Å²) in [6.07, 6.45) is 2.49. The summed E-state index contributed by atoms with van der Waals surface area (Å²) in [7, 11) is -3.95. The van der Waals surface area contributed by atoms with Crippen molar-refractivity contribution in [3.05, 3.63) is 24.3 Å². The molecule has 2 aliphatic rings. The molecule has 0 bridgehead atoms. The highest BCUT2D eigenvalue weighted by Gasteiger charge is 2.51. The van der Waals surface area contributed by atoms with Gasteiger partial charge in [-0.3, -0.25) is 4.79 Å². The van der Waals surface area contributed by atoms with Crippen LogP contribution in [0.5, 0.6) is 0 Å². The van der Waals surface area contributed by atoms with Crippen molar-refractivity contribution < 1.29 is 22.5 Å². The van der Waals surface area contributed by atoms with Crippen LogP contribution >= 0.6 is 0 Å². The molecule has 0 spiro atoms. The lowest BCUT2D eigenvalue weighted by Gasteiger charge is -2.32. The minimum atomic E-state index is -3.43. The summed E-state index contributed by atoms with van der Waals surface area (Å²) in [5, 5.41) is 0. The molecule has 29 heavy (non-hydrogen) atoms. The van der Waals surface area contributed by atoms with Gasteiger partial charge in [-0.1, -0.05) is 19.1 Å². The molecule has 8 heteroatoms. The monoisotopic (exact) mass is 421 g/mol. The van der Waals surface area contributed by atoms with Gasteiger partial charge in [0.25, 0.3) is 0 Å². The van der Waals surface area contributed by atoms with Crippen molar-refractivity contribution in [1.82, 2.24) is 4.90 Å². The maximum atomic E-state index is 12.8. The Hall–Kier alpha value is -1.38. The molecule has 0 aliphatic carbocycles. The second kappa shape index (κ2) is 8.04. The van der Waals surface area contributed by atoms with Gasteiger partial charge in [0.15, 0.2) is 9.84 Å². The largest absolute Gasteiger partial charge is 0.494 e. The standard InChI is InChI=1S/C21H32BNO5S/c1-16(14-23-13-7-6-8-19(23)24)15-29(25,26)18-11-9-17(10-12-18)22-27-20(2,3)21(4,5)28-22/h9-12,16H,6-8,13-15H2,1-5H3/t16-/m1/s1. The molecule has 1 aromatic carbocycles. The van der Waals surface area contributed by atoms with Gasteiger partial charge in [0.2, 0.25) is 5.91 Å². The molecule has 1 amide bonds. The molecule has 0 radical (unpaired) electrons. The smallest absolute Gasteiger partial charge is 0.399 e. The fourth-order valence-corrected chi connectivity index (χ4v) is 5.36. The first kappa shape index (κ1) is 22.3. The number of amides is 1. The van der Waals surface area contributed by atoms with Gasteiger partial charge in [0.1, 0.15) is 0 Å². The first-order valence-corrected chi connectivity index (χ1v) is 12.0. The topological polar surface area (TPSA) is 72.9 Å². The molecule has 2 fully saturated rings. The van der Waals surface area contributed by atoms with Crippen molar-refractivity contribution in [2.75, 3.05) is 18.8 Å². The number of rotatable bonds is 6. The van der Waals surface area contributed by atoms with Crippen molar-refractivity contribution in [2.24, 2.45) is 5.92 Å². The Bertz CT molecular complexity index is 834. The van der Waals surface area contributed by atoms with Gasteiger partial charge in [-0.25, -0.2) is 8.42 Å². The predicted octanol–water partition coefficient (Wildman–Crippen LogP) is 2.41. The van der Waals surface area contributed by atoms with Crippen LogP contribution in [0.3, 0.4) is 0 Å². The van der Waals surface area contributed by atoms with E-state index < -0.39 is 28.2 Å². The first-order chi connectivity index (χ1) is 13.4. The van der Waals surface area contributed by atoms with E-state index >= 15 is 0 Å². The average Bonchev–Trinajstić information content (AvgIpc) is 2.84. The second-order valence-electron chi connectivity index (χ2n) is 9.34. The van der Waals surface area contributed by atoms with Gasteiger partial charge >= 0.3 is 7.12 Å². The fraction of sp³-hybridized carbons (Fsp3) is 0.667. The molecule has 0 saturated carbocycles. The normalized spacial score (nSPS) is 22.7. The SMILES string of the molecule is C[C@H](CN1CCCCC1=O)CS(=O)(=O)c1ccc(B2OC(C)(C)C(C)(C)O2)cc1. The molecule has 160 valence electrons. The highest BCUT2D eigenvalue weighted by Crippen LogP contribution is 2.36. The van der Waals surface area contributed by atoms with E-state index in [1.165, 1.54) is 0 Å². The van der Waals surface area contributed by atoms with E-state index in [0.717, 1.165) is 24.8 Å². The highest BCUT2D eigenvalue weighted by atomic mass is 32.2. The van der Waals surface area contributed by atoms with Crippen molar-refractivity contribution in [3.8, 4) is 0 Å². The quantitative estimate of drug-likeness (QED) is 0.660. The average molecular weight is 421 g/mol. The molecular formula is C21H32BNO5S. The Morgan fingerprint density at radius 2 is 1.66 bits per heavy atom. The molecule has 6 nitrogen and oxygen atoms in total. The Labute approximate surface area is 175 Å². The maximum absolute atomic E-state index is 12.8. The van der Waals surface area contributed by atoms with E-state index in [2.05, 4.69) is 0 Å². The molecular weight excluding hydrogens is 389 g/mol. The summed E-state index contributed by atoms with van der Waals surface area (Å²) < 4.78 is 37.7. The number of carbonyl (C=O) groups is 1. The Morgan fingerprint density at radius 3 is 2.21 bits per heavy atom. The van der Waals surface area contributed by atoms with Gasteiger partial charge < -0.3 is 14.2 Å². The van der Waals surface area contributed by atoms with Crippen molar-refractivity contribution in [2.45, 2.75) is 70.0 Å². The van der Waals surface area contributed by atoms with Gasteiger partial charge in [0, 0.05) is 19.5 Å². The zero-order valence-corrected chi connectivity index (χ0v) is 18.9. The number of benzene rings is 1. The first-order valence-electron chi connectivity index (χ1n) is 10.4. The second-order valence-corrected chi connectivity index (χ2v) is 11.4. The van der Waals surface area contributed by atoms with E-state index in [4.69, 9.17) is 9.31 Å². The van der Waals surface area contributed by atoms with Crippen LogP contribution in [0.1, 0.15) is 53.9 Å². The lowest BCUT2D eigenvalue weighted by Crippen LogP contribution is -2.41. The number of nitrogens with zero attached hydrogens (tertiary/aromatic N) is 1. The van der Waals surface area contributed by atoms with Crippen LogP contribution in [0.25, 0.3) is 0 Å². The van der Waals surface area contributed by atoms with Crippen LogP contribution in [0, 0.1) is 5.92 Å². The fourth-order valence-electron chi connectivity index (χ4n) is 3.77. The van der Waals surface area contributed by atoms with Crippen LogP contribution < -0.4 is 5.46 Å². The number of sulfone groups is 1. The van der Waals surface area contributed by atoms with Crippen LogP contribution in [0.2, 0.25) is 0 Å². The van der Waals surface area contributed by atoms with Gasteiger partial charge in [-0.2, -0.15) is 0 Å². The molecule has 0 unspecified atom stereocenters. The third-order valence-electron chi connectivity index (χ3n) is 6.22. The summed E-state index contributed by atoms with van der Waals surface area (Å²) in [5.74, 6) is 0.0316. The lowest BCUT2D eigenvalue weighted by molar-refractivity contribution is -0.133.